The molecule has 104 valence electrons. The van der Waals surface area contributed by atoms with Crippen LogP contribution in [0.4, 0.5) is 5.69 Å². The van der Waals surface area contributed by atoms with Crippen LogP contribution in [0.5, 0.6) is 11.5 Å². The van der Waals surface area contributed by atoms with Gasteiger partial charge in [0.1, 0.15) is 11.5 Å². The highest BCUT2D eigenvalue weighted by Gasteiger charge is 2.15. The number of carbonyl (C=O) groups excluding carboxylic acids is 1. The van der Waals surface area contributed by atoms with E-state index in [4.69, 9.17) is 10.5 Å². The molecular formula is C16H17NO3. The van der Waals surface area contributed by atoms with Crippen LogP contribution in [0.1, 0.15) is 29.3 Å². The lowest BCUT2D eigenvalue weighted by molar-refractivity contribution is 0.103. The first-order valence-electron chi connectivity index (χ1n) is 6.48. The number of phenolic OH excluding ortho intramolecular Hbond substituents is 1. The highest BCUT2D eigenvalue weighted by atomic mass is 16.5. The van der Waals surface area contributed by atoms with Crippen molar-refractivity contribution in [3.63, 3.8) is 0 Å². The van der Waals surface area contributed by atoms with Gasteiger partial charge in [0, 0.05) is 11.3 Å². The highest BCUT2D eigenvalue weighted by Crippen LogP contribution is 2.26. The highest BCUT2D eigenvalue weighted by molar-refractivity contribution is 6.11. The summed E-state index contributed by atoms with van der Waals surface area (Å²) in [4.78, 5) is 12.4. The summed E-state index contributed by atoms with van der Waals surface area (Å²) in [5.74, 6) is 0.218. The normalized spacial score (nSPS) is 10.2. The Hall–Kier alpha value is -2.49. The first-order chi connectivity index (χ1) is 9.61. The van der Waals surface area contributed by atoms with Crippen molar-refractivity contribution in [2.75, 3.05) is 12.3 Å². The molecule has 0 aliphatic heterocycles. The molecule has 0 unspecified atom stereocenters. The van der Waals surface area contributed by atoms with Crippen LogP contribution in [0, 0.1) is 0 Å². The number of rotatable bonds is 5. The second-order valence-electron chi connectivity index (χ2n) is 4.48. The number of carbonyl (C=O) groups is 1. The van der Waals surface area contributed by atoms with Crippen molar-refractivity contribution in [2.24, 2.45) is 0 Å². The lowest BCUT2D eigenvalue weighted by atomic mass is 10.0. The summed E-state index contributed by atoms with van der Waals surface area (Å²) in [5, 5.41) is 9.85. The van der Waals surface area contributed by atoms with E-state index in [0.717, 1.165) is 6.42 Å². The number of anilines is 1. The van der Waals surface area contributed by atoms with Gasteiger partial charge >= 0.3 is 0 Å². The molecule has 0 atom stereocenters. The molecule has 0 bridgehead atoms. The van der Waals surface area contributed by atoms with Crippen molar-refractivity contribution in [1.29, 1.82) is 0 Å². The summed E-state index contributed by atoms with van der Waals surface area (Å²) in [5.41, 5.74) is 6.83. The molecule has 20 heavy (non-hydrogen) atoms. The molecule has 0 saturated carbocycles. The summed E-state index contributed by atoms with van der Waals surface area (Å²) in [6.45, 7) is 2.57. The number of ether oxygens (including phenoxy) is 1. The molecule has 0 aliphatic rings. The molecule has 0 spiro atoms. The molecule has 0 aromatic heterocycles. The van der Waals surface area contributed by atoms with E-state index in [1.54, 1.807) is 36.4 Å². The van der Waals surface area contributed by atoms with Crippen LogP contribution in [-0.2, 0) is 0 Å². The zero-order chi connectivity index (χ0) is 14.5. The molecule has 0 heterocycles. The Morgan fingerprint density at radius 2 is 2.05 bits per heavy atom. The lowest BCUT2D eigenvalue weighted by Gasteiger charge is -2.09. The number of benzene rings is 2. The van der Waals surface area contributed by atoms with Gasteiger partial charge in [0.15, 0.2) is 5.78 Å². The minimum Gasteiger partial charge on any atom is -0.507 e. The zero-order valence-corrected chi connectivity index (χ0v) is 11.3. The van der Waals surface area contributed by atoms with E-state index in [9.17, 15) is 9.90 Å². The van der Waals surface area contributed by atoms with Crippen molar-refractivity contribution in [3.8, 4) is 11.5 Å². The molecular weight excluding hydrogens is 254 g/mol. The predicted molar refractivity (Wildman–Crippen MR) is 78.2 cm³/mol. The monoisotopic (exact) mass is 271 g/mol. The summed E-state index contributed by atoms with van der Waals surface area (Å²) >= 11 is 0. The third kappa shape index (κ3) is 3.09. The summed E-state index contributed by atoms with van der Waals surface area (Å²) < 4.78 is 5.47. The van der Waals surface area contributed by atoms with E-state index in [2.05, 4.69) is 0 Å². The number of hydrogen-bond donors (Lipinski definition) is 2. The van der Waals surface area contributed by atoms with E-state index < -0.39 is 0 Å². The van der Waals surface area contributed by atoms with Gasteiger partial charge in [0.2, 0.25) is 0 Å². The molecule has 0 radical (unpaired) electrons. The SMILES string of the molecule is CCCOc1ccc(O)c(C(=O)c2cccc(N)c2)c1. The molecule has 2 rings (SSSR count). The third-order valence-electron chi connectivity index (χ3n) is 2.83. The Labute approximate surface area is 117 Å². The molecule has 0 aliphatic carbocycles. The maximum Gasteiger partial charge on any atom is 0.196 e. The summed E-state index contributed by atoms with van der Waals surface area (Å²) in [6, 6.07) is 11.3. The molecule has 4 nitrogen and oxygen atoms in total. The van der Waals surface area contributed by atoms with Crippen molar-refractivity contribution < 1.29 is 14.6 Å². The van der Waals surface area contributed by atoms with Crippen molar-refractivity contribution >= 4 is 11.5 Å². The van der Waals surface area contributed by atoms with Crippen LogP contribution in [0.25, 0.3) is 0 Å². The van der Waals surface area contributed by atoms with Gasteiger partial charge in [-0.3, -0.25) is 4.79 Å². The number of hydrogen-bond acceptors (Lipinski definition) is 4. The van der Waals surface area contributed by atoms with E-state index in [1.165, 1.54) is 6.07 Å². The second kappa shape index (κ2) is 6.10. The number of nitrogen functional groups attached to an aromatic ring is 1. The molecule has 2 aromatic carbocycles. The minimum atomic E-state index is -0.281. The first-order valence-corrected chi connectivity index (χ1v) is 6.48. The largest absolute Gasteiger partial charge is 0.507 e. The average Bonchev–Trinajstić information content (AvgIpc) is 2.45. The van der Waals surface area contributed by atoms with Crippen LogP contribution < -0.4 is 10.5 Å². The fourth-order valence-corrected chi connectivity index (χ4v) is 1.84. The van der Waals surface area contributed by atoms with E-state index in [0.29, 0.717) is 23.6 Å². The third-order valence-corrected chi connectivity index (χ3v) is 2.83. The van der Waals surface area contributed by atoms with Crippen LogP contribution in [0.15, 0.2) is 42.5 Å². The maximum absolute atomic E-state index is 12.4. The van der Waals surface area contributed by atoms with Gasteiger partial charge in [-0.1, -0.05) is 19.1 Å². The van der Waals surface area contributed by atoms with Crippen LogP contribution in [-0.4, -0.2) is 17.5 Å². The molecule has 0 amide bonds. The van der Waals surface area contributed by atoms with Crippen molar-refractivity contribution in [1.82, 2.24) is 0 Å². The summed E-state index contributed by atoms with van der Waals surface area (Å²) in [7, 11) is 0. The van der Waals surface area contributed by atoms with Gasteiger partial charge in [0.25, 0.3) is 0 Å². The Kier molecular flexibility index (Phi) is 4.25. The lowest BCUT2D eigenvalue weighted by Crippen LogP contribution is -2.04. The molecule has 0 saturated heterocycles. The Morgan fingerprint density at radius 3 is 2.75 bits per heavy atom. The fraction of sp³-hybridized carbons (Fsp3) is 0.188. The number of nitrogens with two attached hydrogens (primary N) is 1. The second-order valence-corrected chi connectivity index (χ2v) is 4.48. The Balaban J connectivity index is 2.33. The van der Waals surface area contributed by atoms with Crippen molar-refractivity contribution in [3.05, 3.63) is 53.6 Å². The fourth-order valence-electron chi connectivity index (χ4n) is 1.84. The molecule has 3 N–H and O–H groups in total. The number of aromatic hydroxyl groups is 1. The van der Waals surface area contributed by atoms with Gasteiger partial charge in [-0.15, -0.1) is 0 Å². The van der Waals surface area contributed by atoms with E-state index in [1.807, 2.05) is 6.92 Å². The number of ketones is 1. The van der Waals surface area contributed by atoms with Gasteiger partial charge in [-0.05, 0) is 36.8 Å². The van der Waals surface area contributed by atoms with E-state index in [-0.39, 0.29) is 17.1 Å². The van der Waals surface area contributed by atoms with Crippen LogP contribution >= 0.6 is 0 Å². The minimum absolute atomic E-state index is 0.0683. The van der Waals surface area contributed by atoms with E-state index >= 15 is 0 Å². The quantitative estimate of drug-likeness (QED) is 0.647. The zero-order valence-electron chi connectivity index (χ0n) is 11.3. The first kappa shape index (κ1) is 13.9. The van der Waals surface area contributed by atoms with Crippen LogP contribution in [0.3, 0.4) is 0 Å². The predicted octanol–water partition coefficient (Wildman–Crippen LogP) is 2.99. The molecule has 2 aromatic rings. The average molecular weight is 271 g/mol. The van der Waals surface area contributed by atoms with Gasteiger partial charge in [-0.2, -0.15) is 0 Å². The number of phenols is 1. The van der Waals surface area contributed by atoms with Gasteiger partial charge in [0.05, 0.1) is 12.2 Å². The molecule has 0 fully saturated rings. The van der Waals surface area contributed by atoms with Gasteiger partial charge < -0.3 is 15.6 Å². The Morgan fingerprint density at radius 1 is 1.25 bits per heavy atom. The van der Waals surface area contributed by atoms with Gasteiger partial charge in [-0.25, -0.2) is 0 Å². The topological polar surface area (TPSA) is 72.5 Å². The molecule has 4 heteroatoms. The Bertz CT molecular complexity index is 623. The van der Waals surface area contributed by atoms with Crippen molar-refractivity contribution in [2.45, 2.75) is 13.3 Å². The standard InChI is InChI=1S/C16H17NO3/c1-2-8-20-13-6-7-15(18)14(10-13)16(19)11-4-3-5-12(17)9-11/h3-7,9-10,18H,2,8,17H2,1H3. The van der Waals surface area contributed by atoms with Crippen LogP contribution in [0.2, 0.25) is 0 Å². The maximum atomic E-state index is 12.4. The summed E-state index contributed by atoms with van der Waals surface area (Å²) in [6.07, 6.45) is 0.874. The smallest absolute Gasteiger partial charge is 0.196 e.